The maximum absolute atomic E-state index is 5.92. The molecule has 25 heavy (non-hydrogen) atoms. The summed E-state index contributed by atoms with van der Waals surface area (Å²) >= 11 is 0. The highest BCUT2D eigenvalue weighted by Crippen LogP contribution is 2.34. The number of nitrogens with zero attached hydrogens (tertiary/aromatic N) is 3. The standard InChI is InChI=1S/C19H27N5O/c1-3-20-19(23-16-11-15-6-7-17(16)25-15)21-9-8-14-12-24-10-4-5-13(2)18(24)22-14/h4-5,10,12,15-17H,3,6-9,11H2,1-2H3,(H2,20,21,23). The van der Waals surface area contributed by atoms with Gasteiger partial charge in [-0.25, -0.2) is 4.98 Å². The summed E-state index contributed by atoms with van der Waals surface area (Å²) in [4.78, 5) is 9.46. The largest absolute Gasteiger partial charge is 0.373 e. The van der Waals surface area contributed by atoms with Crippen molar-refractivity contribution in [2.75, 3.05) is 13.1 Å². The molecule has 3 unspecified atom stereocenters. The number of hydrogen-bond donors (Lipinski definition) is 2. The van der Waals surface area contributed by atoms with Gasteiger partial charge in [0.15, 0.2) is 5.96 Å². The fourth-order valence-corrected chi connectivity index (χ4v) is 3.89. The summed E-state index contributed by atoms with van der Waals surface area (Å²) in [5, 5.41) is 6.91. The summed E-state index contributed by atoms with van der Waals surface area (Å²) in [7, 11) is 0. The zero-order valence-electron chi connectivity index (χ0n) is 15.0. The molecule has 2 N–H and O–H groups in total. The average molecular weight is 341 g/mol. The first kappa shape index (κ1) is 16.4. The lowest BCUT2D eigenvalue weighted by molar-refractivity contribution is 0.0992. The van der Waals surface area contributed by atoms with Crippen LogP contribution in [0, 0.1) is 6.92 Å². The van der Waals surface area contributed by atoms with Crippen LogP contribution in [0.1, 0.15) is 37.4 Å². The highest BCUT2D eigenvalue weighted by atomic mass is 16.5. The Labute approximate surface area is 148 Å². The Hall–Kier alpha value is -2.08. The van der Waals surface area contributed by atoms with Gasteiger partial charge in [-0.1, -0.05) is 6.07 Å². The molecular formula is C19H27N5O. The van der Waals surface area contributed by atoms with Crippen molar-refractivity contribution in [3.05, 3.63) is 35.8 Å². The molecule has 0 amide bonds. The number of rotatable bonds is 5. The van der Waals surface area contributed by atoms with Gasteiger partial charge in [-0.2, -0.15) is 0 Å². The Morgan fingerprint density at radius 3 is 3.08 bits per heavy atom. The average Bonchev–Trinajstić information content (AvgIpc) is 3.30. The van der Waals surface area contributed by atoms with Crippen molar-refractivity contribution in [3.63, 3.8) is 0 Å². The van der Waals surface area contributed by atoms with Gasteiger partial charge in [0.05, 0.1) is 23.9 Å². The van der Waals surface area contributed by atoms with Gasteiger partial charge >= 0.3 is 0 Å². The summed E-state index contributed by atoms with van der Waals surface area (Å²) in [6, 6.07) is 4.54. The molecule has 4 rings (SSSR count). The monoisotopic (exact) mass is 341 g/mol. The molecule has 2 aromatic heterocycles. The van der Waals surface area contributed by atoms with E-state index < -0.39 is 0 Å². The van der Waals surface area contributed by atoms with Crippen molar-refractivity contribution in [2.24, 2.45) is 4.99 Å². The van der Waals surface area contributed by atoms with E-state index in [4.69, 9.17) is 14.7 Å². The van der Waals surface area contributed by atoms with Gasteiger partial charge < -0.3 is 19.8 Å². The third-order valence-electron chi connectivity index (χ3n) is 5.14. The Kier molecular flexibility index (Phi) is 4.61. The predicted molar refractivity (Wildman–Crippen MR) is 99.0 cm³/mol. The van der Waals surface area contributed by atoms with Crippen molar-refractivity contribution in [1.82, 2.24) is 20.0 Å². The first-order chi connectivity index (χ1) is 12.2. The van der Waals surface area contributed by atoms with Gasteiger partial charge in [0, 0.05) is 31.9 Å². The number of fused-ring (bicyclic) bond motifs is 3. The zero-order chi connectivity index (χ0) is 17.2. The molecule has 2 bridgehead atoms. The number of guanidine groups is 1. The molecule has 0 aromatic carbocycles. The molecular weight excluding hydrogens is 314 g/mol. The second-order valence-corrected chi connectivity index (χ2v) is 7.03. The first-order valence-corrected chi connectivity index (χ1v) is 9.36. The summed E-state index contributed by atoms with van der Waals surface area (Å²) in [5.41, 5.74) is 3.31. The SMILES string of the molecule is CCNC(=NCCc1cn2cccc(C)c2n1)NC1CC2CCC1O2. The summed E-state index contributed by atoms with van der Waals surface area (Å²) in [6.45, 7) is 5.77. The molecule has 0 saturated carbocycles. The number of aliphatic imine (C=N–C) groups is 1. The lowest BCUT2D eigenvalue weighted by atomic mass is 9.96. The van der Waals surface area contributed by atoms with Crippen molar-refractivity contribution >= 4 is 11.6 Å². The molecule has 2 aliphatic heterocycles. The molecule has 6 heteroatoms. The van der Waals surface area contributed by atoms with Crippen LogP contribution in [0.15, 0.2) is 29.5 Å². The normalized spacial score (nSPS) is 25.7. The van der Waals surface area contributed by atoms with Crippen LogP contribution >= 0.6 is 0 Å². The van der Waals surface area contributed by atoms with E-state index in [2.05, 4.69) is 47.2 Å². The van der Waals surface area contributed by atoms with Crippen LogP contribution in [0.4, 0.5) is 0 Å². The fourth-order valence-electron chi connectivity index (χ4n) is 3.89. The maximum Gasteiger partial charge on any atom is 0.191 e. The summed E-state index contributed by atoms with van der Waals surface area (Å²) < 4.78 is 8.01. The molecule has 0 radical (unpaired) electrons. The number of ether oxygens (including phenoxy) is 1. The number of aromatic nitrogens is 2. The van der Waals surface area contributed by atoms with E-state index in [-0.39, 0.29) is 0 Å². The predicted octanol–water partition coefficient (Wildman–Crippen LogP) is 2.06. The van der Waals surface area contributed by atoms with E-state index >= 15 is 0 Å². The van der Waals surface area contributed by atoms with Crippen molar-refractivity contribution in [2.45, 2.75) is 57.8 Å². The van der Waals surface area contributed by atoms with Crippen LogP contribution < -0.4 is 10.6 Å². The van der Waals surface area contributed by atoms with Crippen LogP contribution in [-0.2, 0) is 11.2 Å². The van der Waals surface area contributed by atoms with Gasteiger partial charge in [0.1, 0.15) is 5.65 Å². The number of imidazole rings is 1. The van der Waals surface area contributed by atoms with Crippen LogP contribution in [0.3, 0.4) is 0 Å². The molecule has 0 spiro atoms. The van der Waals surface area contributed by atoms with Crippen molar-refractivity contribution < 1.29 is 4.74 Å². The summed E-state index contributed by atoms with van der Waals surface area (Å²) in [5.74, 6) is 0.892. The summed E-state index contributed by atoms with van der Waals surface area (Å²) in [6.07, 6.45) is 9.27. The van der Waals surface area contributed by atoms with Crippen LogP contribution in [0.25, 0.3) is 5.65 Å². The molecule has 6 nitrogen and oxygen atoms in total. The number of pyridine rings is 1. The second kappa shape index (κ2) is 7.04. The number of hydrogen-bond acceptors (Lipinski definition) is 3. The van der Waals surface area contributed by atoms with Gasteiger partial charge in [0.2, 0.25) is 0 Å². The minimum atomic E-state index is 0.357. The Bertz CT molecular complexity index is 768. The minimum Gasteiger partial charge on any atom is -0.373 e. The van der Waals surface area contributed by atoms with Crippen molar-refractivity contribution in [1.29, 1.82) is 0 Å². The van der Waals surface area contributed by atoms with Gasteiger partial charge in [-0.15, -0.1) is 0 Å². The van der Waals surface area contributed by atoms with E-state index in [9.17, 15) is 0 Å². The van der Waals surface area contributed by atoms with Crippen LogP contribution in [0.5, 0.6) is 0 Å². The maximum atomic E-state index is 5.92. The minimum absolute atomic E-state index is 0.357. The number of aryl methyl sites for hydroxylation is 1. The van der Waals surface area contributed by atoms with Gasteiger partial charge in [0.25, 0.3) is 0 Å². The quantitative estimate of drug-likeness (QED) is 0.645. The van der Waals surface area contributed by atoms with Crippen molar-refractivity contribution in [3.8, 4) is 0 Å². The van der Waals surface area contributed by atoms with E-state index in [1.807, 2.05) is 6.20 Å². The fraction of sp³-hybridized carbons (Fsp3) is 0.579. The third kappa shape index (κ3) is 3.49. The van der Waals surface area contributed by atoms with E-state index in [0.29, 0.717) is 18.2 Å². The molecule has 2 fully saturated rings. The van der Waals surface area contributed by atoms with Gasteiger partial charge in [-0.05, 0) is 44.7 Å². The van der Waals surface area contributed by atoms with E-state index in [1.54, 1.807) is 0 Å². The van der Waals surface area contributed by atoms with Crippen LogP contribution in [0.2, 0.25) is 0 Å². The van der Waals surface area contributed by atoms with E-state index in [0.717, 1.165) is 43.2 Å². The number of nitrogens with one attached hydrogen (secondary N) is 2. The lowest BCUT2D eigenvalue weighted by Gasteiger charge is -2.22. The second-order valence-electron chi connectivity index (χ2n) is 7.03. The molecule has 2 aliphatic rings. The molecule has 134 valence electrons. The molecule has 2 aromatic rings. The Morgan fingerprint density at radius 2 is 2.36 bits per heavy atom. The van der Waals surface area contributed by atoms with Crippen LogP contribution in [-0.4, -0.2) is 46.7 Å². The smallest absolute Gasteiger partial charge is 0.191 e. The first-order valence-electron chi connectivity index (χ1n) is 9.36. The highest BCUT2D eigenvalue weighted by Gasteiger charge is 2.41. The van der Waals surface area contributed by atoms with E-state index in [1.165, 1.54) is 18.4 Å². The highest BCUT2D eigenvalue weighted by molar-refractivity contribution is 5.80. The zero-order valence-corrected chi connectivity index (χ0v) is 15.0. The van der Waals surface area contributed by atoms with Gasteiger partial charge in [-0.3, -0.25) is 4.99 Å². The lowest BCUT2D eigenvalue weighted by Crippen LogP contribution is -2.47. The Morgan fingerprint density at radius 1 is 1.44 bits per heavy atom. The topological polar surface area (TPSA) is 63.0 Å². The molecule has 3 atom stereocenters. The Balaban J connectivity index is 1.38. The molecule has 0 aliphatic carbocycles. The third-order valence-corrected chi connectivity index (χ3v) is 5.14. The molecule has 4 heterocycles. The molecule has 2 saturated heterocycles.